The van der Waals surface area contributed by atoms with E-state index in [4.69, 9.17) is 0 Å². The first-order valence-corrected chi connectivity index (χ1v) is 7.70. The molecule has 0 heterocycles. The highest BCUT2D eigenvalue weighted by atomic mass is 19.1. The average molecular weight is 293 g/mol. The third kappa shape index (κ3) is 4.03. The van der Waals surface area contributed by atoms with Crippen molar-refractivity contribution in [3.63, 3.8) is 0 Å². The number of carbonyl (C=O) groups excluding carboxylic acids is 1. The molecule has 1 aromatic rings. The predicted molar refractivity (Wildman–Crippen MR) is 80.7 cm³/mol. The number of amides is 1. The zero-order valence-corrected chi connectivity index (χ0v) is 12.8. The molecule has 0 bridgehead atoms. The van der Waals surface area contributed by atoms with Crippen molar-refractivity contribution in [2.24, 2.45) is 5.92 Å². The fourth-order valence-corrected chi connectivity index (χ4v) is 2.88. The van der Waals surface area contributed by atoms with Crippen LogP contribution in [0.1, 0.15) is 54.9 Å². The first kappa shape index (κ1) is 16.0. The average Bonchev–Trinajstić information content (AvgIpc) is 2.48. The minimum Gasteiger partial charge on any atom is -0.388 e. The standard InChI is InChI=1S/C17H24FNO2/c1-3-13-6-8-17(21,9-7-13)11-19-16(20)14-5-4-12(2)15(18)10-14/h4-5,10,13,21H,3,6-9,11H2,1-2H3,(H,19,20). The second kappa shape index (κ2) is 6.56. The molecule has 1 fully saturated rings. The molecule has 116 valence electrons. The van der Waals surface area contributed by atoms with Gasteiger partial charge in [-0.2, -0.15) is 0 Å². The summed E-state index contributed by atoms with van der Waals surface area (Å²) in [5, 5.41) is 13.2. The lowest BCUT2D eigenvalue weighted by atomic mass is 9.78. The van der Waals surface area contributed by atoms with E-state index < -0.39 is 5.60 Å². The lowest BCUT2D eigenvalue weighted by Crippen LogP contribution is -2.45. The van der Waals surface area contributed by atoms with Gasteiger partial charge in [0.1, 0.15) is 5.82 Å². The molecule has 0 unspecified atom stereocenters. The molecule has 3 nitrogen and oxygen atoms in total. The third-order valence-corrected chi connectivity index (χ3v) is 4.63. The Hall–Kier alpha value is -1.42. The Labute approximate surface area is 125 Å². The molecule has 1 saturated carbocycles. The second-order valence-electron chi connectivity index (χ2n) is 6.22. The molecular formula is C17H24FNO2. The van der Waals surface area contributed by atoms with Crippen LogP contribution < -0.4 is 5.32 Å². The van der Waals surface area contributed by atoms with Gasteiger partial charge in [-0.25, -0.2) is 4.39 Å². The Balaban J connectivity index is 1.90. The van der Waals surface area contributed by atoms with Crippen LogP contribution in [0.2, 0.25) is 0 Å². The van der Waals surface area contributed by atoms with Gasteiger partial charge in [-0.05, 0) is 56.2 Å². The van der Waals surface area contributed by atoms with Gasteiger partial charge in [-0.1, -0.05) is 19.4 Å². The number of nitrogens with one attached hydrogen (secondary N) is 1. The maximum Gasteiger partial charge on any atom is 0.251 e. The summed E-state index contributed by atoms with van der Waals surface area (Å²) in [6.07, 6.45) is 4.58. The van der Waals surface area contributed by atoms with E-state index in [9.17, 15) is 14.3 Å². The number of hydrogen-bond donors (Lipinski definition) is 2. The van der Waals surface area contributed by atoms with Gasteiger partial charge in [0.2, 0.25) is 0 Å². The van der Waals surface area contributed by atoms with Crippen molar-refractivity contribution in [3.8, 4) is 0 Å². The van der Waals surface area contributed by atoms with Crippen molar-refractivity contribution in [1.82, 2.24) is 5.32 Å². The summed E-state index contributed by atoms with van der Waals surface area (Å²) in [5.41, 5.74) is -0.00286. The topological polar surface area (TPSA) is 49.3 Å². The SMILES string of the molecule is CCC1CCC(O)(CNC(=O)c2ccc(C)c(F)c2)CC1. The highest BCUT2D eigenvalue weighted by Gasteiger charge is 2.32. The Morgan fingerprint density at radius 1 is 1.43 bits per heavy atom. The molecule has 2 rings (SSSR count). The van der Waals surface area contributed by atoms with Crippen LogP contribution in [-0.4, -0.2) is 23.2 Å². The van der Waals surface area contributed by atoms with E-state index in [2.05, 4.69) is 12.2 Å². The van der Waals surface area contributed by atoms with Gasteiger partial charge >= 0.3 is 0 Å². The first-order chi connectivity index (χ1) is 9.93. The molecular weight excluding hydrogens is 269 g/mol. The number of aryl methyl sites for hydroxylation is 1. The number of carbonyl (C=O) groups is 1. The van der Waals surface area contributed by atoms with E-state index >= 15 is 0 Å². The van der Waals surface area contributed by atoms with Crippen LogP contribution >= 0.6 is 0 Å². The number of benzene rings is 1. The summed E-state index contributed by atoms with van der Waals surface area (Å²) in [6, 6.07) is 4.43. The van der Waals surface area contributed by atoms with Gasteiger partial charge in [0.05, 0.1) is 5.60 Å². The Morgan fingerprint density at radius 2 is 2.10 bits per heavy atom. The molecule has 0 atom stereocenters. The van der Waals surface area contributed by atoms with Crippen LogP contribution in [0.5, 0.6) is 0 Å². The van der Waals surface area contributed by atoms with E-state index in [1.807, 2.05) is 0 Å². The van der Waals surface area contributed by atoms with E-state index in [0.29, 0.717) is 29.9 Å². The molecule has 1 aliphatic carbocycles. The smallest absolute Gasteiger partial charge is 0.251 e. The number of hydrogen-bond acceptors (Lipinski definition) is 2. The number of halogens is 1. The van der Waals surface area contributed by atoms with Gasteiger partial charge in [-0.3, -0.25) is 4.79 Å². The zero-order chi connectivity index (χ0) is 15.5. The molecule has 1 aliphatic rings. The highest BCUT2D eigenvalue weighted by Crippen LogP contribution is 2.33. The Morgan fingerprint density at radius 3 is 2.67 bits per heavy atom. The van der Waals surface area contributed by atoms with Crippen molar-refractivity contribution in [3.05, 3.63) is 35.1 Å². The third-order valence-electron chi connectivity index (χ3n) is 4.63. The van der Waals surface area contributed by atoms with Gasteiger partial charge < -0.3 is 10.4 Å². The second-order valence-corrected chi connectivity index (χ2v) is 6.22. The largest absolute Gasteiger partial charge is 0.388 e. The van der Waals surface area contributed by atoms with Crippen molar-refractivity contribution in [1.29, 1.82) is 0 Å². The Kier molecular flexibility index (Phi) is 4.99. The van der Waals surface area contributed by atoms with E-state index in [1.54, 1.807) is 19.1 Å². The lowest BCUT2D eigenvalue weighted by Gasteiger charge is -2.35. The zero-order valence-electron chi connectivity index (χ0n) is 12.8. The monoisotopic (exact) mass is 293 g/mol. The molecule has 0 spiro atoms. The van der Waals surface area contributed by atoms with E-state index in [-0.39, 0.29) is 18.3 Å². The minimum atomic E-state index is -0.815. The van der Waals surface area contributed by atoms with Gasteiger partial charge in [-0.15, -0.1) is 0 Å². The van der Waals surface area contributed by atoms with E-state index in [0.717, 1.165) is 19.3 Å². The highest BCUT2D eigenvalue weighted by molar-refractivity contribution is 5.94. The van der Waals surface area contributed by atoms with Crippen molar-refractivity contribution >= 4 is 5.91 Å². The maximum atomic E-state index is 13.5. The number of aliphatic hydroxyl groups is 1. The number of rotatable bonds is 4. The minimum absolute atomic E-state index is 0.234. The van der Waals surface area contributed by atoms with Crippen LogP contribution in [0.3, 0.4) is 0 Å². The fourth-order valence-electron chi connectivity index (χ4n) is 2.88. The summed E-state index contributed by atoms with van der Waals surface area (Å²) in [7, 11) is 0. The van der Waals surface area contributed by atoms with Crippen molar-refractivity contribution < 1.29 is 14.3 Å². The molecule has 4 heteroatoms. The molecule has 0 radical (unpaired) electrons. The van der Waals surface area contributed by atoms with Crippen LogP contribution in [0.4, 0.5) is 4.39 Å². The van der Waals surface area contributed by atoms with Gasteiger partial charge in [0, 0.05) is 12.1 Å². The summed E-state index contributed by atoms with van der Waals surface area (Å²) in [4.78, 5) is 12.0. The van der Waals surface area contributed by atoms with Crippen molar-refractivity contribution in [2.75, 3.05) is 6.54 Å². The van der Waals surface area contributed by atoms with Gasteiger partial charge in [0.15, 0.2) is 0 Å². The predicted octanol–water partition coefficient (Wildman–Crippen LogP) is 3.20. The molecule has 21 heavy (non-hydrogen) atoms. The summed E-state index contributed by atoms with van der Waals surface area (Å²) in [5.74, 6) is -0.0306. The first-order valence-electron chi connectivity index (χ1n) is 7.70. The normalized spacial score (nSPS) is 25.6. The molecule has 2 N–H and O–H groups in total. The summed E-state index contributed by atoms with van der Waals surface area (Å²) >= 11 is 0. The molecule has 0 aliphatic heterocycles. The Bertz CT molecular complexity index is 508. The molecule has 0 aromatic heterocycles. The molecule has 0 saturated heterocycles. The lowest BCUT2D eigenvalue weighted by molar-refractivity contribution is -0.00786. The van der Waals surface area contributed by atoms with Crippen LogP contribution in [0.15, 0.2) is 18.2 Å². The van der Waals surface area contributed by atoms with Crippen LogP contribution in [0, 0.1) is 18.7 Å². The fraction of sp³-hybridized carbons (Fsp3) is 0.588. The van der Waals surface area contributed by atoms with E-state index in [1.165, 1.54) is 6.07 Å². The van der Waals surface area contributed by atoms with Crippen molar-refractivity contribution in [2.45, 2.75) is 51.6 Å². The molecule has 1 amide bonds. The molecule has 1 aromatic carbocycles. The van der Waals surface area contributed by atoms with Gasteiger partial charge in [0.25, 0.3) is 5.91 Å². The van der Waals surface area contributed by atoms with Crippen LogP contribution in [-0.2, 0) is 0 Å². The quantitative estimate of drug-likeness (QED) is 0.895. The summed E-state index contributed by atoms with van der Waals surface area (Å²) in [6.45, 7) is 4.06. The summed E-state index contributed by atoms with van der Waals surface area (Å²) < 4.78 is 13.5. The van der Waals surface area contributed by atoms with Crippen LogP contribution in [0.25, 0.3) is 0 Å². The maximum absolute atomic E-state index is 13.5.